The van der Waals surface area contributed by atoms with Gasteiger partial charge in [-0.3, -0.25) is 19.2 Å². The Bertz CT molecular complexity index is 690. The number of aliphatic carboxylic acids is 2. The number of aliphatic hydroxyl groups is 1. The van der Waals surface area contributed by atoms with E-state index >= 15 is 0 Å². The van der Waals surface area contributed by atoms with Crippen molar-refractivity contribution in [3.63, 3.8) is 0 Å². The number of ketones is 2. The minimum absolute atomic E-state index is 0.00614. The SMILES string of the molecule is COC1=C(OC)C(=O)C(CCCCCCCCCCO)=C(C)C1=O.O=C(O)CCC(=O)O. The van der Waals surface area contributed by atoms with E-state index in [0.29, 0.717) is 17.6 Å². The molecule has 0 heterocycles. The fourth-order valence-corrected chi connectivity index (χ4v) is 3.18. The maximum Gasteiger partial charge on any atom is 0.303 e. The van der Waals surface area contributed by atoms with Crippen molar-refractivity contribution in [2.75, 3.05) is 20.8 Å². The van der Waals surface area contributed by atoms with Crippen LogP contribution in [0.4, 0.5) is 0 Å². The molecule has 0 fully saturated rings. The first kappa shape index (κ1) is 29.3. The highest BCUT2D eigenvalue weighted by Crippen LogP contribution is 2.28. The topological polar surface area (TPSA) is 147 Å². The van der Waals surface area contributed by atoms with Crippen LogP contribution in [0, 0.1) is 0 Å². The Balaban J connectivity index is 0.00000102. The van der Waals surface area contributed by atoms with Gasteiger partial charge in [0.15, 0.2) is 0 Å². The lowest BCUT2D eigenvalue weighted by Crippen LogP contribution is -2.25. The summed E-state index contributed by atoms with van der Waals surface area (Å²) in [6.45, 7) is 1.96. The normalized spacial score (nSPS) is 13.6. The van der Waals surface area contributed by atoms with Gasteiger partial charge in [0.1, 0.15) is 0 Å². The number of ether oxygens (including phenoxy) is 2. The van der Waals surface area contributed by atoms with Gasteiger partial charge in [-0.15, -0.1) is 0 Å². The van der Waals surface area contributed by atoms with Gasteiger partial charge in [0.05, 0.1) is 27.1 Å². The number of methoxy groups -OCH3 is 2. The minimum Gasteiger partial charge on any atom is -0.489 e. The molecule has 1 aliphatic rings. The first-order valence-electron chi connectivity index (χ1n) is 10.9. The van der Waals surface area contributed by atoms with Crippen molar-refractivity contribution in [2.24, 2.45) is 0 Å². The summed E-state index contributed by atoms with van der Waals surface area (Å²) in [6.07, 6.45) is 8.58. The van der Waals surface area contributed by atoms with Crippen LogP contribution < -0.4 is 0 Å². The van der Waals surface area contributed by atoms with Crippen LogP contribution in [0.15, 0.2) is 22.7 Å². The molecule has 0 aliphatic heterocycles. The average Bonchev–Trinajstić information content (AvgIpc) is 2.75. The number of carbonyl (C=O) groups is 4. The van der Waals surface area contributed by atoms with Crippen molar-refractivity contribution in [3.8, 4) is 0 Å². The second kappa shape index (κ2) is 16.9. The van der Waals surface area contributed by atoms with Crippen LogP contribution >= 0.6 is 0 Å². The maximum atomic E-state index is 12.5. The van der Waals surface area contributed by atoms with Crippen LogP contribution in [-0.2, 0) is 28.7 Å². The molecular formula is C23H36O9. The molecule has 182 valence electrons. The second-order valence-electron chi connectivity index (χ2n) is 7.42. The van der Waals surface area contributed by atoms with Crippen molar-refractivity contribution < 1.29 is 44.0 Å². The Morgan fingerprint density at radius 2 is 1.12 bits per heavy atom. The number of hydrogen-bond acceptors (Lipinski definition) is 7. The van der Waals surface area contributed by atoms with Gasteiger partial charge in [-0.2, -0.15) is 0 Å². The average molecular weight is 457 g/mol. The Morgan fingerprint density at radius 1 is 0.719 bits per heavy atom. The van der Waals surface area contributed by atoms with Crippen LogP contribution in [0.3, 0.4) is 0 Å². The van der Waals surface area contributed by atoms with E-state index in [-0.39, 0.29) is 42.5 Å². The summed E-state index contributed by atoms with van der Waals surface area (Å²) in [6, 6.07) is 0. The van der Waals surface area contributed by atoms with Gasteiger partial charge in [-0.25, -0.2) is 0 Å². The second-order valence-corrected chi connectivity index (χ2v) is 7.42. The third kappa shape index (κ3) is 11.1. The van der Waals surface area contributed by atoms with Crippen LogP contribution in [0.5, 0.6) is 0 Å². The molecule has 0 saturated carbocycles. The van der Waals surface area contributed by atoms with Gasteiger partial charge < -0.3 is 24.8 Å². The van der Waals surface area contributed by atoms with Crippen molar-refractivity contribution in [3.05, 3.63) is 22.7 Å². The number of rotatable bonds is 15. The maximum absolute atomic E-state index is 12.5. The summed E-state index contributed by atoms with van der Waals surface area (Å²) in [4.78, 5) is 44.0. The van der Waals surface area contributed by atoms with Crippen LogP contribution in [-0.4, -0.2) is 59.7 Å². The number of aliphatic hydroxyl groups excluding tert-OH is 1. The van der Waals surface area contributed by atoms with E-state index in [2.05, 4.69) is 0 Å². The standard InChI is InChI=1S/C19H30O5.C4H6O4/c1-14-15(12-10-8-6-4-5-7-9-11-13-20)17(22)19(24-3)18(23-2)16(14)21;5-3(6)1-2-4(7)8/h20H,4-13H2,1-3H3;1-2H2,(H,5,6)(H,7,8). The Hall–Kier alpha value is -2.68. The summed E-state index contributed by atoms with van der Waals surface area (Å²) in [5.41, 5.74) is 1.03. The highest BCUT2D eigenvalue weighted by Gasteiger charge is 2.34. The third-order valence-electron chi connectivity index (χ3n) is 4.98. The number of unbranched alkanes of at least 4 members (excludes halogenated alkanes) is 7. The smallest absolute Gasteiger partial charge is 0.303 e. The van der Waals surface area contributed by atoms with E-state index in [1.54, 1.807) is 6.92 Å². The van der Waals surface area contributed by atoms with Crippen LogP contribution in [0.25, 0.3) is 0 Å². The molecule has 0 aromatic rings. The molecule has 1 aliphatic carbocycles. The molecule has 1 rings (SSSR count). The molecule has 9 heteroatoms. The molecule has 32 heavy (non-hydrogen) atoms. The van der Waals surface area contributed by atoms with Crippen molar-refractivity contribution in [2.45, 2.75) is 77.6 Å². The quantitative estimate of drug-likeness (QED) is 0.249. The van der Waals surface area contributed by atoms with Crippen LogP contribution in [0.1, 0.15) is 77.6 Å². The predicted octanol–water partition coefficient (Wildman–Crippen LogP) is 3.40. The fourth-order valence-electron chi connectivity index (χ4n) is 3.18. The molecule has 0 spiro atoms. The molecule has 0 aromatic heterocycles. The van der Waals surface area contributed by atoms with E-state index in [0.717, 1.165) is 32.1 Å². The minimum atomic E-state index is -1.08. The van der Waals surface area contributed by atoms with Gasteiger partial charge in [-0.05, 0) is 26.2 Å². The Morgan fingerprint density at radius 3 is 1.53 bits per heavy atom. The van der Waals surface area contributed by atoms with Gasteiger partial charge in [-0.1, -0.05) is 38.5 Å². The largest absolute Gasteiger partial charge is 0.489 e. The Kier molecular flexibility index (Phi) is 15.5. The van der Waals surface area contributed by atoms with E-state index in [4.69, 9.17) is 24.8 Å². The lowest BCUT2D eigenvalue weighted by Gasteiger charge is -2.20. The zero-order valence-electron chi connectivity index (χ0n) is 19.3. The van der Waals surface area contributed by atoms with E-state index in [9.17, 15) is 19.2 Å². The molecular weight excluding hydrogens is 420 g/mol. The number of Topliss-reactive ketones (excluding diaryl/α,β-unsaturated/α-hetero) is 2. The molecule has 0 radical (unpaired) electrons. The number of hydrogen-bond donors (Lipinski definition) is 3. The molecule has 0 bridgehead atoms. The number of allylic oxidation sites excluding steroid dienone is 2. The molecule has 0 saturated heterocycles. The van der Waals surface area contributed by atoms with Crippen molar-refractivity contribution in [1.29, 1.82) is 0 Å². The van der Waals surface area contributed by atoms with Crippen molar-refractivity contribution in [1.82, 2.24) is 0 Å². The highest BCUT2D eigenvalue weighted by molar-refractivity contribution is 6.23. The van der Waals surface area contributed by atoms with E-state index < -0.39 is 11.9 Å². The lowest BCUT2D eigenvalue weighted by molar-refractivity contribution is -0.143. The highest BCUT2D eigenvalue weighted by atomic mass is 16.5. The summed E-state index contributed by atoms with van der Waals surface area (Å²) in [5, 5.41) is 24.5. The van der Waals surface area contributed by atoms with Gasteiger partial charge in [0.2, 0.25) is 23.1 Å². The van der Waals surface area contributed by atoms with Gasteiger partial charge in [0, 0.05) is 17.8 Å². The molecule has 0 amide bonds. The zero-order valence-corrected chi connectivity index (χ0v) is 19.3. The molecule has 9 nitrogen and oxygen atoms in total. The van der Waals surface area contributed by atoms with E-state index in [1.807, 2.05) is 0 Å². The Labute approximate surface area is 189 Å². The van der Waals surface area contributed by atoms with E-state index in [1.165, 1.54) is 33.5 Å². The molecule has 0 aromatic carbocycles. The first-order valence-corrected chi connectivity index (χ1v) is 10.9. The first-order chi connectivity index (χ1) is 15.2. The van der Waals surface area contributed by atoms with Crippen molar-refractivity contribution >= 4 is 23.5 Å². The summed E-state index contributed by atoms with van der Waals surface area (Å²) >= 11 is 0. The summed E-state index contributed by atoms with van der Waals surface area (Å²) < 4.78 is 10.1. The number of carbonyl (C=O) groups excluding carboxylic acids is 2. The summed E-state index contributed by atoms with van der Waals surface area (Å²) in [7, 11) is 2.76. The lowest BCUT2D eigenvalue weighted by atomic mass is 9.89. The monoisotopic (exact) mass is 456 g/mol. The summed E-state index contributed by atoms with van der Waals surface area (Å²) in [5.74, 6) is -2.61. The van der Waals surface area contributed by atoms with Gasteiger partial charge >= 0.3 is 11.9 Å². The number of carboxylic acids is 2. The molecule has 0 atom stereocenters. The molecule has 3 N–H and O–H groups in total. The third-order valence-corrected chi connectivity index (χ3v) is 4.98. The zero-order chi connectivity index (χ0) is 24.5. The fraction of sp³-hybridized carbons (Fsp3) is 0.652. The number of carboxylic acid groups (broad SMARTS) is 2. The predicted molar refractivity (Wildman–Crippen MR) is 117 cm³/mol. The van der Waals surface area contributed by atoms with Gasteiger partial charge in [0.25, 0.3) is 0 Å². The van der Waals surface area contributed by atoms with Crippen LogP contribution in [0.2, 0.25) is 0 Å². The molecule has 0 unspecified atom stereocenters.